The Kier molecular flexibility index (Phi) is 3.10. The monoisotopic (exact) mass is 361 g/mol. The number of hydrogen-bond acceptors (Lipinski definition) is 3. The van der Waals surface area contributed by atoms with Crippen LogP contribution in [0.2, 0.25) is 0 Å². The zero-order valence-corrected chi connectivity index (χ0v) is 14.8. The number of nitrogens with one attached hydrogen (secondary N) is 2. The molecule has 0 amide bonds. The third-order valence-corrected chi connectivity index (χ3v) is 5.18. The first-order chi connectivity index (χ1) is 13.8. The van der Waals surface area contributed by atoms with E-state index in [1.54, 1.807) is 0 Å². The molecule has 28 heavy (non-hydrogen) atoms. The van der Waals surface area contributed by atoms with Crippen molar-refractivity contribution in [1.82, 2.24) is 25.4 Å². The van der Waals surface area contributed by atoms with E-state index in [2.05, 4.69) is 73.9 Å². The van der Waals surface area contributed by atoms with Gasteiger partial charge in [0.25, 0.3) is 0 Å². The smallest absolute Gasteiger partial charge is 0.112 e. The highest BCUT2D eigenvalue weighted by molar-refractivity contribution is 5.92. The SMILES string of the molecule is c1ccc2ncc(-c3ccc4cc(-c5ccc6nn[nH]c6c5)[nH]c4c3)cc2c1. The molecule has 0 aliphatic carbocycles. The lowest BCUT2D eigenvalue weighted by Gasteiger charge is -2.04. The number of hydrogen-bond donors (Lipinski definition) is 2. The highest BCUT2D eigenvalue weighted by Crippen LogP contribution is 2.30. The van der Waals surface area contributed by atoms with Gasteiger partial charge in [-0.05, 0) is 42.0 Å². The number of fused-ring (bicyclic) bond motifs is 3. The molecule has 0 fully saturated rings. The Hall–Kier alpha value is -3.99. The fraction of sp³-hybridized carbons (Fsp3) is 0. The predicted octanol–water partition coefficient (Wildman–Crippen LogP) is 5.32. The zero-order chi connectivity index (χ0) is 18.5. The molecule has 5 nitrogen and oxygen atoms in total. The van der Waals surface area contributed by atoms with Crippen LogP contribution in [0.15, 0.2) is 79.0 Å². The average Bonchev–Trinajstić information content (AvgIpc) is 3.39. The molecule has 0 bridgehead atoms. The molecule has 0 aliphatic rings. The summed E-state index contributed by atoms with van der Waals surface area (Å²) in [6.07, 6.45) is 1.94. The van der Waals surface area contributed by atoms with E-state index in [0.717, 1.165) is 49.8 Å². The van der Waals surface area contributed by atoms with Crippen LogP contribution >= 0.6 is 0 Å². The second-order valence-corrected chi connectivity index (χ2v) is 6.95. The molecule has 2 N–H and O–H groups in total. The Balaban J connectivity index is 1.45. The van der Waals surface area contributed by atoms with Gasteiger partial charge in [-0.2, -0.15) is 0 Å². The van der Waals surface area contributed by atoms with Gasteiger partial charge in [0, 0.05) is 39.3 Å². The summed E-state index contributed by atoms with van der Waals surface area (Å²) in [6.45, 7) is 0. The summed E-state index contributed by atoms with van der Waals surface area (Å²) >= 11 is 0. The van der Waals surface area contributed by atoms with Crippen molar-refractivity contribution in [1.29, 1.82) is 0 Å². The summed E-state index contributed by atoms with van der Waals surface area (Å²) in [4.78, 5) is 8.13. The van der Waals surface area contributed by atoms with E-state index in [0.29, 0.717) is 0 Å². The van der Waals surface area contributed by atoms with Gasteiger partial charge in [0.15, 0.2) is 0 Å². The molecule has 0 aliphatic heterocycles. The van der Waals surface area contributed by atoms with Crippen LogP contribution in [0.1, 0.15) is 0 Å². The number of para-hydroxylation sites is 1. The molecule has 0 saturated heterocycles. The van der Waals surface area contributed by atoms with Crippen molar-refractivity contribution in [2.75, 3.05) is 0 Å². The minimum absolute atomic E-state index is 0.867. The summed E-state index contributed by atoms with van der Waals surface area (Å²) in [5, 5.41) is 13.1. The van der Waals surface area contributed by atoms with E-state index in [1.165, 1.54) is 5.39 Å². The van der Waals surface area contributed by atoms with Crippen molar-refractivity contribution in [2.45, 2.75) is 0 Å². The molecule has 0 spiro atoms. The van der Waals surface area contributed by atoms with Crippen LogP contribution < -0.4 is 0 Å². The van der Waals surface area contributed by atoms with Crippen LogP contribution in [0.25, 0.3) is 55.2 Å². The summed E-state index contributed by atoms with van der Waals surface area (Å²) in [5.41, 5.74) is 8.34. The molecule has 6 aromatic rings. The average molecular weight is 361 g/mol. The van der Waals surface area contributed by atoms with E-state index in [-0.39, 0.29) is 0 Å². The Labute approximate surface area is 160 Å². The summed E-state index contributed by atoms with van der Waals surface area (Å²) in [6, 6.07) is 25.1. The maximum atomic E-state index is 4.59. The van der Waals surface area contributed by atoms with Gasteiger partial charge in [-0.25, -0.2) is 0 Å². The normalized spacial score (nSPS) is 11.6. The molecule has 0 radical (unpaired) electrons. The first-order valence-corrected chi connectivity index (χ1v) is 9.13. The van der Waals surface area contributed by atoms with E-state index in [4.69, 9.17) is 0 Å². The van der Waals surface area contributed by atoms with Gasteiger partial charge in [0.05, 0.1) is 11.0 Å². The van der Waals surface area contributed by atoms with Gasteiger partial charge in [-0.3, -0.25) is 10.1 Å². The third-order valence-electron chi connectivity index (χ3n) is 5.18. The molecule has 132 valence electrons. The summed E-state index contributed by atoms with van der Waals surface area (Å²) in [5.74, 6) is 0. The number of H-pyrrole nitrogens is 2. The topological polar surface area (TPSA) is 70.2 Å². The lowest BCUT2D eigenvalue weighted by atomic mass is 10.0. The number of nitrogens with zero attached hydrogens (tertiary/aromatic N) is 3. The largest absolute Gasteiger partial charge is 0.355 e. The maximum absolute atomic E-state index is 4.59. The second kappa shape index (κ2) is 5.76. The van der Waals surface area contributed by atoms with Crippen LogP contribution in [0, 0.1) is 0 Å². The number of rotatable bonds is 2. The van der Waals surface area contributed by atoms with Gasteiger partial charge in [0.1, 0.15) is 5.52 Å². The molecule has 0 unspecified atom stereocenters. The molecule has 0 atom stereocenters. The quantitative estimate of drug-likeness (QED) is 0.438. The fourth-order valence-corrected chi connectivity index (χ4v) is 3.70. The Morgan fingerprint density at radius 1 is 0.643 bits per heavy atom. The Morgan fingerprint density at radius 3 is 2.54 bits per heavy atom. The lowest BCUT2D eigenvalue weighted by molar-refractivity contribution is 0.959. The highest BCUT2D eigenvalue weighted by atomic mass is 15.3. The van der Waals surface area contributed by atoms with Crippen LogP contribution in [0.4, 0.5) is 0 Å². The Morgan fingerprint density at radius 2 is 1.54 bits per heavy atom. The molecule has 3 heterocycles. The van der Waals surface area contributed by atoms with Crippen molar-refractivity contribution < 1.29 is 0 Å². The van der Waals surface area contributed by atoms with E-state index >= 15 is 0 Å². The van der Waals surface area contributed by atoms with Gasteiger partial charge in [-0.1, -0.05) is 41.6 Å². The number of aromatic nitrogens is 5. The molecule has 3 aromatic carbocycles. The first-order valence-electron chi connectivity index (χ1n) is 9.13. The van der Waals surface area contributed by atoms with Crippen molar-refractivity contribution in [3.05, 3.63) is 79.0 Å². The second-order valence-electron chi connectivity index (χ2n) is 6.95. The summed E-state index contributed by atoms with van der Waals surface area (Å²) < 4.78 is 0. The maximum Gasteiger partial charge on any atom is 0.112 e. The standard InChI is InChI=1S/C23H15N5/c1-2-4-19-15(3-1)9-18(13-24-19)14-5-6-16-11-22(25-21(16)10-14)17-7-8-20-23(12-17)27-28-26-20/h1-13,25H,(H,26,27,28). The fourth-order valence-electron chi connectivity index (χ4n) is 3.70. The van der Waals surface area contributed by atoms with Crippen LogP contribution in [-0.4, -0.2) is 25.4 Å². The lowest BCUT2D eigenvalue weighted by Crippen LogP contribution is -1.83. The van der Waals surface area contributed by atoms with Gasteiger partial charge in [-0.15, -0.1) is 5.10 Å². The number of aromatic amines is 2. The molecular formula is C23H15N5. The minimum Gasteiger partial charge on any atom is -0.355 e. The zero-order valence-electron chi connectivity index (χ0n) is 14.8. The minimum atomic E-state index is 0.867. The van der Waals surface area contributed by atoms with E-state index in [9.17, 15) is 0 Å². The summed E-state index contributed by atoms with van der Waals surface area (Å²) in [7, 11) is 0. The molecule has 6 rings (SSSR count). The van der Waals surface area contributed by atoms with Crippen LogP contribution in [0.5, 0.6) is 0 Å². The van der Waals surface area contributed by atoms with Gasteiger partial charge >= 0.3 is 0 Å². The molecular weight excluding hydrogens is 346 g/mol. The Bertz CT molecular complexity index is 1470. The third kappa shape index (κ3) is 2.37. The van der Waals surface area contributed by atoms with Gasteiger partial charge < -0.3 is 4.98 Å². The van der Waals surface area contributed by atoms with Crippen LogP contribution in [0.3, 0.4) is 0 Å². The van der Waals surface area contributed by atoms with Gasteiger partial charge in [0.2, 0.25) is 0 Å². The number of benzene rings is 3. The highest BCUT2D eigenvalue weighted by Gasteiger charge is 2.08. The molecule has 0 saturated carbocycles. The van der Waals surface area contributed by atoms with Crippen molar-refractivity contribution in [2.24, 2.45) is 0 Å². The van der Waals surface area contributed by atoms with Crippen molar-refractivity contribution in [3.8, 4) is 22.4 Å². The van der Waals surface area contributed by atoms with Crippen LogP contribution in [-0.2, 0) is 0 Å². The first kappa shape index (κ1) is 15.1. The van der Waals surface area contributed by atoms with E-state index < -0.39 is 0 Å². The predicted molar refractivity (Wildman–Crippen MR) is 112 cm³/mol. The van der Waals surface area contributed by atoms with E-state index in [1.807, 2.05) is 30.5 Å². The van der Waals surface area contributed by atoms with Crippen molar-refractivity contribution >= 4 is 32.8 Å². The molecule has 3 aromatic heterocycles. The molecule has 5 heteroatoms. The number of pyridine rings is 1. The van der Waals surface area contributed by atoms with Crippen molar-refractivity contribution in [3.63, 3.8) is 0 Å².